The zero-order valence-electron chi connectivity index (χ0n) is 17.6. The molecule has 1 aromatic carbocycles. The van der Waals surface area contributed by atoms with Gasteiger partial charge in [0.1, 0.15) is 30.3 Å². The van der Waals surface area contributed by atoms with Gasteiger partial charge in [0, 0.05) is 37.2 Å². The number of phenols is 1. The number of benzene rings is 1. The van der Waals surface area contributed by atoms with Crippen LogP contribution in [0.15, 0.2) is 12.2 Å². The number of morpholine rings is 1. The number of nitrogens with zero attached hydrogens (tertiary/aromatic N) is 1. The zero-order chi connectivity index (χ0) is 21.5. The molecule has 172 valence electrons. The third kappa shape index (κ3) is 5.98. The van der Waals surface area contributed by atoms with Crippen LogP contribution in [0, 0.1) is 6.92 Å². The molecule has 3 rings (SSSR count). The average molecular weight is 436 g/mol. The molecular formula is C23H33NO7. The van der Waals surface area contributed by atoms with Crippen molar-refractivity contribution in [2.45, 2.75) is 40.2 Å². The van der Waals surface area contributed by atoms with Crippen LogP contribution in [-0.4, -0.2) is 68.5 Å². The molecule has 0 aliphatic carbocycles. The van der Waals surface area contributed by atoms with E-state index in [1.807, 2.05) is 19.1 Å². The van der Waals surface area contributed by atoms with Crippen LogP contribution in [0.4, 0.5) is 0 Å². The van der Waals surface area contributed by atoms with Gasteiger partial charge in [0.15, 0.2) is 0 Å². The molecule has 0 atom stereocenters. The maximum absolute atomic E-state index is 11.9. The number of hydrogen-bond donors (Lipinski definition) is 1. The largest absolute Gasteiger partial charge is 0.507 e. The van der Waals surface area contributed by atoms with Gasteiger partial charge in [-0.05, 0) is 25.3 Å². The Morgan fingerprint density at radius 3 is 2.71 bits per heavy atom. The fourth-order valence-corrected chi connectivity index (χ4v) is 3.73. The summed E-state index contributed by atoms with van der Waals surface area (Å²) in [6.45, 7) is 6.30. The Kier molecular flexibility index (Phi) is 9.33. The molecule has 8 heteroatoms. The fraction of sp³-hybridized carbons (Fsp3) is 0.565. The number of aromatic hydroxyl groups is 1. The van der Waals surface area contributed by atoms with Gasteiger partial charge < -0.3 is 24.1 Å². The zero-order valence-corrected chi connectivity index (χ0v) is 17.6. The average Bonchev–Trinajstić information content (AvgIpc) is 3.14. The summed E-state index contributed by atoms with van der Waals surface area (Å²) in [4.78, 5) is 26.0. The molecule has 0 amide bonds. The first-order valence-electron chi connectivity index (χ1n) is 10.2. The molecule has 1 fully saturated rings. The van der Waals surface area contributed by atoms with Crippen molar-refractivity contribution in [1.29, 1.82) is 0 Å². The monoisotopic (exact) mass is 435 g/mol. The minimum atomic E-state index is -0.515. The third-order valence-corrected chi connectivity index (χ3v) is 5.43. The lowest BCUT2D eigenvalue weighted by Gasteiger charge is -2.26. The molecule has 0 unspecified atom stereocenters. The van der Waals surface area contributed by atoms with Crippen LogP contribution in [0.2, 0.25) is 0 Å². The molecular weight excluding hydrogens is 402 g/mol. The van der Waals surface area contributed by atoms with Gasteiger partial charge in [-0.3, -0.25) is 9.69 Å². The maximum atomic E-state index is 11.9. The molecule has 0 saturated carbocycles. The second kappa shape index (κ2) is 11.7. The molecule has 1 N–H and O–H groups in total. The Morgan fingerprint density at radius 1 is 1.26 bits per heavy atom. The summed E-state index contributed by atoms with van der Waals surface area (Å²) in [6, 6.07) is 0. The van der Waals surface area contributed by atoms with E-state index in [1.54, 1.807) is 0 Å². The minimum absolute atomic E-state index is 0. The molecule has 0 aromatic heterocycles. The van der Waals surface area contributed by atoms with E-state index in [4.69, 9.17) is 18.9 Å². The van der Waals surface area contributed by atoms with E-state index < -0.39 is 5.97 Å². The highest BCUT2D eigenvalue weighted by Gasteiger charge is 2.31. The van der Waals surface area contributed by atoms with Crippen molar-refractivity contribution >= 4 is 11.9 Å². The Hall–Kier alpha value is -2.58. The molecule has 2 heterocycles. The van der Waals surface area contributed by atoms with Crippen molar-refractivity contribution in [2.24, 2.45) is 0 Å². The summed E-state index contributed by atoms with van der Waals surface area (Å²) in [7, 11) is 1.53. The van der Waals surface area contributed by atoms with Gasteiger partial charge in [-0.1, -0.05) is 19.6 Å². The number of hydrogen-bond acceptors (Lipinski definition) is 8. The minimum Gasteiger partial charge on any atom is -0.507 e. The molecule has 0 bridgehead atoms. The topological polar surface area (TPSA) is 94.5 Å². The number of ether oxygens (including phenoxy) is 4. The Balaban J connectivity index is 0.00000341. The summed E-state index contributed by atoms with van der Waals surface area (Å²) in [5.74, 6) is -0.290. The number of phenolic OH excluding ortho intramolecular Hbond substituents is 1. The van der Waals surface area contributed by atoms with Crippen LogP contribution < -0.4 is 4.74 Å². The smallest absolute Gasteiger partial charge is 0.342 e. The van der Waals surface area contributed by atoms with Crippen molar-refractivity contribution < 1.29 is 33.6 Å². The summed E-state index contributed by atoms with van der Waals surface area (Å²) in [5, 5.41) is 10.6. The molecule has 2 aliphatic heterocycles. The summed E-state index contributed by atoms with van der Waals surface area (Å²) in [5.41, 5.74) is 2.22. The lowest BCUT2D eigenvalue weighted by Crippen LogP contribution is -2.38. The van der Waals surface area contributed by atoms with E-state index in [0.717, 1.165) is 38.4 Å². The number of fused-ring (bicyclic) bond motifs is 1. The van der Waals surface area contributed by atoms with E-state index in [1.165, 1.54) is 7.11 Å². The number of esters is 2. The van der Waals surface area contributed by atoms with Crippen LogP contribution in [0.1, 0.15) is 47.3 Å². The molecule has 31 heavy (non-hydrogen) atoms. The molecule has 1 saturated heterocycles. The number of cyclic esters (lactones) is 1. The summed E-state index contributed by atoms with van der Waals surface area (Å²) < 4.78 is 21.1. The van der Waals surface area contributed by atoms with Crippen LogP contribution in [0.25, 0.3) is 0 Å². The van der Waals surface area contributed by atoms with Crippen molar-refractivity contribution in [3.63, 3.8) is 0 Å². The highest BCUT2D eigenvalue weighted by molar-refractivity contribution is 5.98. The van der Waals surface area contributed by atoms with Gasteiger partial charge in [0.05, 0.1) is 20.3 Å². The van der Waals surface area contributed by atoms with Gasteiger partial charge in [-0.15, -0.1) is 0 Å². The van der Waals surface area contributed by atoms with E-state index >= 15 is 0 Å². The number of carbonyl (C=O) groups is 2. The van der Waals surface area contributed by atoms with Crippen LogP contribution in [0.5, 0.6) is 11.5 Å². The van der Waals surface area contributed by atoms with Gasteiger partial charge in [-0.2, -0.15) is 0 Å². The van der Waals surface area contributed by atoms with Crippen molar-refractivity contribution in [3.05, 3.63) is 34.4 Å². The second-order valence-corrected chi connectivity index (χ2v) is 7.30. The lowest BCUT2D eigenvalue weighted by atomic mass is 9.95. The fourth-order valence-electron chi connectivity index (χ4n) is 3.73. The standard InChI is InChI=1S/C22H29NO7.CH4/c1-15-17-14-30-22(26)19(17)20(25)16(21(15)27-2)6-4-3-5-7-18(24)29-13-10-23-8-11-28-12-9-23;/h3-4,25H,5-14H2,1-2H3;1H4/b4-3+;. The number of carbonyl (C=O) groups excluding carboxylic acids is 2. The SMILES string of the molecule is C.COc1c(C)c2c(c(O)c1C/C=C/CCC(=O)OCCN1CCOCC1)C(=O)OC2. The summed E-state index contributed by atoms with van der Waals surface area (Å²) >= 11 is 0. The Bertz CT molecular complexity index is 813. The van der Waals surface area contributed by atoms with E-state index in [2.05, 4.69) is 4.90 Å². The number of rotatable bonds is 9. The highest BCUT2D eigenvalue weighted by Crippen LogP contribution is 2.41. The van der Waals surface area contributed by atoms with E-state index in [9.17, 15) is 14.7 Å². The Morgan fingerprint density at radius 2 is 2.00 bits per heavy atom. The predicted molar refractivity (Wildman–Crippen MR) is 116 cm³/mol. The number of allylic oxidation sites excluding steroid dienone is 2. The van der Waals surface area contributed by atoms with E-state index in [-0.39, 0.29) is 37.7 Å². The number of methoxy groups -OCH3 is 1. The first-order valence-corrected chi connectivity index (χ1v) is 10.2. The molecule has 0 spiro atoms. The highest BCUT2D eigenvalue weighted by atomic mass is 16.5. The lowest BCUT2D eigenvalue weighted by molar-refractivity contribution is -0.144. The molecule has 1 aromatic rings. The summed E-state index contributed by atoms with van der Waals surface area (Å²) in [6.07, 6.45) is 4.92. The Labute approximate surface area is 183 Å². The van der Waals surface area contributed by atoms with Gasteiger partial charge >= 0.3 is 11.9 Å². The van der Waals surface area contributed by atoms with Gasteiger partial charge in [0.25, 0.3) is 0 Å². The van der Waals surface area contributed by atoms with Crippen molar-refractivity contribution in [1.82, 2.24) is 4.90 Å². The predicted octanol–water partition coefficient (Wildman–Crippen LogP) is 2.77. The first kappa shape index (κ1) is 24.7. The normalized spacial score (nSPS) is 16.0. The first-order chi connectivity index (χ1) is 14.5. The second-order valence-electron chi connectivity index (χ2n) is 7.30. The van der Waals surface area contributed by atoms with Crippen molar-refractivity contribution in [3.8, 4) is 11.5 Å². The van der Waals surface area contributed by atoms with Crippen LogP contribution in [-0.2, 0) is 32.0 Å². The van der Waals surface area contributed by atoms with E-state index in [0.29, 0.717) is 36.3 Å². The third-order valence-electron chi connectivity index (χ3n) is 5.43. The van der Waals surface area contributed by atoms with Gasteiger partial charge in [-0.25, -0.2) is 4.79 Å². The molecule has 2 aliphatic rings. The van der Waals surface area contributed by atoms with Crippen LogP contribution >= 0.6 is 0 Å². The molecule has 0 radical (unpaired) electrons. The molecule has 8 nitrogen and oxygen atoms in total. The maximum Gasteiger partial charge on any atom is 0.342 e. The quantitative estimate of drug-likeness (QED) is 0.467. The van der Waals surface area contributed by atoms with Crippen LogP contribution in [0.3, 0.4) is 0 Å². The van der Waals surface area contributed by atoms with Crippen molar-refractivity contribution in [2.75, 3.05) is 46.6 Å². The van der Waals surface area contributed by atoms with Gasteiger partial charge in [0.2, 0.25) is 0 Å².